The van der Waals surface area contributed by atoms with E-state index in [1.165, 1.54) is 4.90 Å². The Balaban J connectivity index is 2.10. The van der Waals surface area contributed by atoms with Gasteiger partial charge in [0.05, 0.1) is 27.8 Å². The number of aliphatic hydroxyl groups is 1. The van der Waals surface area contributed by atoms with Crippen molar-refractivity contribution >= 4 is 40.7 Å². The van der Waals surface area contributed by atoms with Gasteiger partial charge in [0.1, 0.15) is 11.5 Å². The number of nitrogens with zero attached hydrogens (tertiary/aromatic N) is 2. The van der Waals surface area contributed by atoms with Gasteiger partial charge in [-0.3, -0.25) is 9.59 Å². The second-order valence-electron chi connectivity index (χ2n) is 8.16. The van der Waals surface area contributed by atoms with Crippen molar-refractivity contribution in [1.29, 1.82) is 0 Å². The summed E-state index contributed by atoms with van der Waals surface area (Å²) in [6.07, 6.45) is 0.00567. The highest BCUT2D eigenvalue weighted by Crippen LogP contribution is 2.41. The first kappa shape index (κ1) is 24.1. The van der Waals surface area contributed by atoms with E-state index in [0.717, 1.165) is 0 Å². The molecule has 8 heteroatoms. The van der Waals surface area contributed by atoms with Gasteiger partial charge in [-0.2, -0.15) is 0 Å². The number of carbonyl (C=O) groups excluding carboxylic acids is 2. The van der Waals surface area contributed by atoms with Gasteiger partial charge in [0, 0.05) is 18.7 Å². The molecule has 0 radical (unpaired) electrons. The normalized spacial score (nSPS) is 18.1. The second kappa shape index (κ2) is 9.94. The first-order valence-electron chi connectivity index (χ1n) is 10.2. The number of hydrogen-bond acceptors (Lipinski definition) is 5. The summed E-state index contributed by atoms with van der Waals surface area (Å²) in [6, 6.07) is 10.9. The van der Waals surface area contributed by atoms with Crippen LogP contribution in [-0.4, -0.2) is 59.9 Å². The molecule has 32 heavy (non-hydrogen) atoms. The van der Waals surface area contributed by atoms with E-state index in [4.69, 9.17) is 27.9 Å². The number of carbonyl (C=O) groups is 2. The lowest BCUT2D eigenvalue weighted by atomic mass is 9.95. The van der Waals surface area contributed by atoms with Crippen molar-refractivity contribution < 1.29 is 19.4 Å². The number of likely N-dealkylation sites (tertiary alicyclic amines) is 1. The minimum atomic E-state index is -0.781. The van der Waals surface area contributed by atoms with Crippen LogP contribution < -0.4 is 4.74 Å². The fraction of sp³-hybridized carbons (Fsp3) is 0.333. The van der Waals surface area contributed by atoms with E-state index < -0.39 is 17.7 Å². The predicted octanol–water partition coefficient (Wildman–Crippen LogP) is 4.76. The molecule has 1 N–H and O–H groups in total. The van der Waals surface area contributed by atoms with Crippen LogP contribution in [-0.2, 0) is 9.59 Å². The molecule has 1 aliphatic rings. The quantitative estimate of drug-likeness (QED) is 0.354. The number of amides is 1. The van der Waals surface area contributed by atoms with E-state index >= 15 is 0 Å². The van der Waals surface area contributed by atoms with Crippen molar-refractivity contribution in [1.82, 2.24) is 9.80 Å². The molecule has 1 aliphatic heterocycles. The van der Waals surface area contributed by atoms with Crippen LogP contribution in [0.4, 0.5) is 0 Å². The molecule has 2 aromatic carbocycles. The Bertz CT molecular complexity index is 1050. The number of halogens is 2. The van der Waals surface area contributed by atoms with Crippen molar-refractivity contribution in [3.8, 4) is 5.75 Å². The highest BCUT2D eigenvalue weighted by Gasteiger charge is 2.46. The standard InChI is InChI=1S/C24H26Cl2N2O4/c1-14(2)32-17-8-5-15(6-9-17)22(29)20-21(16-7-10-18(25)19(26)13-16)28(12-11-27(3)4)24(31)23(20)30/h5-10,13-14,21,29H,11-12H2,1-4H3/b22-20+/t21-/m1/s1. The number of Topliss-reactive ketones (excluding diaryl/α,β-unsaturated/α-hetero) is 1. The monoisotopic (exact) mass is 476 g/mol. The summed E-state index contributed by atoms with van der Waals surface area (Å²) in [7, 11) is 3.76. The maximum atomic E-state index is 13.0. The molecule has 1 amide bonds. The zero-order valence-corrected chi connectivity index (χ0v) is 19.9. The van der Waals surface area contributed by atoms with Gasteiger partial charge in [-0.25, -0.2) is 0 Å². The Kier molecular flexibility index (Phi) is 7.49. The number of benzene rings is 2. The molecule has 0 saturated carbocycles. The predicted molar refractivity (Wildman–Crippen MR) is 126 cm³/mol. The Hall–Kier alpha value is -2.54. The maximum Gasteiger partial charge on any atom is 0.295 e. The number of aliphatic hydroxyl groups excluding tert-OH is 1. The topological polar surface area (TPSA) is 70.1 Å². The minimum Gasteiger partial charge on any atom is -0.507 e. The third kappa shape index (κ3) is 5.09. The zero-order valence-electron chi connectivity index (χ0n) is 18.4. The first-order valence-corrected chi connectivity index (χ1v) is 11.0. The molecule has 6 nitrogen and oxygen atoms in total. The summed E-state index contributed by atoms with van der Waals surface area (Å²) in [6.45, 7) is 4.69. The Labute approximate surface area is 198 Å². The van der Waals surface area contributed by atoms with Crippen LogP contribution in [0, 0.1) is 0 Å². The number of likely N-dealkylation sites (N-methyl/N-ethyl adjacent to an activating group) is 1. The molecule has 1 saturated heterocycles. The Morgan fingerprint density at radius 3 is 2.31 bits per heavy atom. The minimum absolute atomic E-state index is 0.00567. The fourth-order valence-electron chi connectivity index (χ4n) is 3.57. The van der Waals surface area contributed by atoms with Gasteiger partial charge in [-0.05, 0) is 69.9 Å². The zero-order chi connectivity index (χ0) is 23.6. The molecule has 1 heterocycles. The number of ketones is 1. The molecule has 2 aromatic rings. The van der Waals surface area contributed by atoms with E-state index in [1.807, 2.05) is 32.8 Å². The summed E-state index contributed by atoms with van der Waals surface area (Å²) >= 11 is 12.3. The lowest BCUT2D eigenvalue weighted by Gasteiger charge is -2.26. The number of hydrogen-bond donors (Lipinski definition) is 1. The SMILES string of the molecule is CC(C)Oc1ccc(/C(O)=C2\C(=O)C(=O)N(CCN(C)C)[C@@H]2c2ccc(Cl)c(Cl)c2)cc1. The molecule has 1 atom stereocenters. The molecule has 0 aromatic heterocycles. The van der Waals surface area contributed by atoms with Crippen molar-refractivity contribution in [2.75, 3.05) is 27.2 Å². The average Bonchev–Trinajstić information content (AvgIpc) is 2.98. The van der Waals surface area contributed by atoms with Crippen molar-refractivity contribution in [2.45, 2.75) is 26.0 Å². The number of ether oxygens (including phenoxy) is 1. The smallest absolute Gasteiger partial charge is 0.295 e. The largest absolute Gasteiger partial charge is 0.507 e. The summed E-state index contributed by atoms with van der Waals surface area (Å²) in [5.41, 5.74) is 1.03. The molecule has 0 aliphatic carbocycles. The highest BCUT2D eigenvalue weighted by molar-refractivity contribution is 6.46. The van der Waals surface area contributed by atoms with E-state index in [1.54, 1.807) is 42.5 Å². The van der Waals surface area contributed by atoms with E-state index in [-0.39, 0.29) is 17.4 Å². The van der Waals surface area contributed by atoms with E-state index in [0.29, 0.717) is 40.0 Å². The summed E-state index contributed by atoms with van der Waals surface area (Å²) in [5.74, 6) is -1.00. The van der Waals surface area contributed by atoms with Crippen LogP contribution in [0.5, 0.6) is 5.75 Å². The Morgan fingerprint density at radius 1 is 1.09 bits per heavy atom. The maximum absolute atomic E-state index is 13.0. The van der Waals surface area contributed by atoms with Gasteiger partial charge >= 0.3 is 0 Å². The molecule has 0 spiro atoms. The molecular weight excluding hydrogens is 451 g/mol. The molecule has 0 unspecified atom stereocenters. The van der Waals surface area contributed by atoms with Crippen LogP contribution >= 0.6 is 23.2 Å². The van der Waals surface area contributed by atoms with E-state index in [2.05, 4.69) is 0 Å². The van der Waals surface area contributed by atoms with Gasteiger partial charge < -0.3 is 19.6 Å². The highest BCUT2D eigenvalue weighted by atomic mass is 35.5. The third-order valence-electron chi connectivity index (χ3n) is 5.09. The van der Waals surface area contributed by atoms with Gasteiger partial charge in [0.15, 0.2) is 0 Å². The Morgan fingerprint density at radius 2 is 1.75 bits per heavy atom. The van der Waals surface area contributed by atoms with Crippen LogP contribution in [0.3, 0.4) is 0 Å². The molecular formula is C24H26Cl2N2O4. The van der Waals surface area contributed by atoms with Crippen LogP contribution in [0.25, 0.3) is 5.76 Å². The summed E-state index contributed by atoms with van der Waals surface area (Å²) in [5, 5.41) is 11.8. The van der Waals surface area contributed by atoms with Crippen LogP contribution in [0.1, 0.15) is 31.0 Å². The van der Waals surface area contributed by atoms with Gasteiger partial charge in [0.25, 0.3) is 11.7 Å². The molecule has 3 rings (SSSR count). The second-order valence-corrected chi connectivity index (χ2v) is 8.97. The van der Waals surface area contributed by atoms with Gasteiger partial charge in [-0.1, -0.05) is 29.3 Å². The molecule has 0 bridgehead atoms. The van der Waals surface area contributed by atoms with Crippen LogP contribution in [0.2, 0.25) is 10.0 Å². The molecule has 1 fully saturated rings. The number of rotatable bonds is 7. The lowest BCUT2D eigenvalue weighted by Crippen LogP contribution is -2.35. The van der Waals surface area contributed by atoms with E-state index in [9.17, 15) is 14.7 Å². The summed E-state index contributed by atoms with van der Waals surface area (Å²) in [4.78, 5) is 29.3. The van der Waals surface area contributed by atoms with Gasteiger partial charge in [0.2, 0.25) is 0 Å². The van der Waals surface area contributed by atoms with Crippen molar-refractivity contribution in [3.05, 3.63) is 69.2 Å². The lowest BCUT2D eigenvalue weighted by molar-refractivity contribution is -0.140. The van der Waals surface area contributed by atoms with Gasteiger partial charge in [-0.15, -0.1) is 0 Å². The first-order chi connectivity index (χ1) is 15.1. The summed E-state index contributed by atoms with van der Waals surface area (Å²) < 4.78 is 5.64. The molecule has 170 valence electrons. The third-order valence-corrected chi connectivity index (χ3v) is 5.83. The average molecular weight is 477 g/mol. The van der Waals surface area contributed by atoms with Crippen LogP contribution in [0.15, 0.2) is 48.0 Å². The van der Waals surface area contributed by atoms with Crippen molar-refractivity contribution in [3.63, 3.8) is 0 Å². The fourth-order valence-corrected chi connectivity index (χ4v) is 3.87. The van der Waals surface area contributed by atoms with Crippen molar-refractivity contribution in [2.24, 2.45) is 0 Å².